The van der Waals surface area contributed by atoms with Crippen molar-refractivity contribution in [2.45, 2.75) is 30.0 Å². The first-order valence-corrected chi connectivity index (χ1v) is 6.31. The highest BCUT2D eigenvalue weighted by atomic mass is 35.5. The second-order valence-corrected chi connectivity index (χ2v) is 6.03. The van der Waals surface area contributed by atoms with Gasteiger partial charge in [0.1, 0.15) is 6.04 Å². The minimum atomic E-state index is -0.592. The summed E-state index contributed by atoms with van der Waals surface area (Å²) in [6, 6.07) is 3.09. The van der Waals surface area contributed by atoms with Crippen LogP contribution in [0.4, 0.5) is 5.69 Å². The first kappa shape index (κ1) is 11.8. The van der Waals surface area contributed by atoms with E-state index in [0.717, 1.165) is 16.1 Å². The number of anilines is 1. The van der Waals surface area contributed by atoms with E-state index in [4.69, 9.17) is 17.3 Å². The maximum absolute atomic E-state index is 11.4. The van der Waals surface area contributed by atoms with Gasteiger partial charge in [-0.3, -0.25) is 4.79 Å². The topological polar surface area (TPSA) is 55.1 Å². The Morgan fingerprint density at radius 2 is 2.19 bits per heavy atom. The molecule has 0 saturated carbocycles. The number of benzene rings is 1. The molecule has 3 N–H and O–H groups in total. The quantitative estimate of drug-likeness (QED) is 0.800. The lowest BCUT2D eigenvalue weighted by molar-refractivity contribution is -0.116. The summed E-state index contributed by atoms with van der Waals surface area (Å²) in [6.45, 7) is 4.19. The van der Waals surface area contributed by atoms with E-state index in [1.165, 1.54) is 0 Å². The van der Waals surface area contributed by atoms with Crippen LogP contribution in [0.5, 0.6) is 0 Å². The Labute approximate surface area is 104 Å². The third-order valence-electron chi connectivity index (χ3n) is 2.34. The number of carbonyl (C=O) groups is 1. The summed E-state index contributed by atoms with van der Waals surface area (Å²) in [5.74, 6) is -0.169. The molecule has 0 aromatic heterocycles. The number of nitrogens with one attached hydrogen (secondary N) is 1. The molecule has 5 heteroatoms. The van der Waals surface area contributed by atoms with Crippen LogP contribution in [0.2, 0.25) is 5.02 Å². The van der Waals surface area contributed by atoms with Gasteiger partial charge < -0.3 is 11.1 Å². The van der Waals surface area contributed by atoms with Gasteiger partial charge in [-0.25, -0.2) is 0 Å². The lowest BCUT2D eigenvalue weighted by Gasteiger charge is -2.10. The molecule has 1 aliphatic heterocycles. The average molecular weight is 257 g/mol. The molecule has 1 aliphatic rings. The maximum Gasteiger partial charge on any atom is 0.245 e. The van der Waals surface area contributed by atoms with Gasteiger partial charge in [-0.2, -0.15) is 0 Å². The number of hydrogen-bond donors (Lipinski definition) is 2. The molecule has 2 rings (SSSR count). The minimum absolute atomic E-state index is 0.169. The van der Waals surface area contributed by atoms with Crippen LogP contribution in [0.15, 0.2) is 17.0 Å². The Bertz CT molecular complexity index is 448. The van der Waals surface area contributed by atoms with Gasteiger partial charge in [0, 0.05) is 21.4 Å². The fourth-order valence-electron chi connectivity index (χ4n) is 1.63. The summed E-state index contributed by atoms with van der Waals surface area (Å²) >= 11 is 7.82. The molecule has 1 unspecified atom stereocenters. The van der Waals surface area contributed by atoms with Crippen molar-refractivity contribution in [3.8, 4) is 0 Å². The summed E-state index contributed by atoms with van der Waals surface area (Å²) in [4.78, 5) is 12.4. The minimum Gasteiger partial charge on any atom is -0.324 e. The van der Waals surface area contributed by atoms with E-state index >= 15 is 0 Å². The van der Waals surface area contributed by atoms with Crippen LogP contribution in [0, 0.1) is 0 Å². The van der Waals surface area contributed by atoms with Crippen molar-refractivity contribution < 1.29 is 4.79 Å². The molecule has 16 heavy (non-hydrogen) atoms. The summed E-state index contributed by atoms with van der Waals surface area (Å²) in [6.07, 6.45) is 0. The number of carbonyl (C=O) groups excluding carboxylic acids is 1. The van der Waals surface area contributed by atoms with Crippen LogP contribution in [0.25, 0.3) is 0 Å². The summed E-state index contributed by atoms with van der Waals surface area (Å²) in [5, 5.41) is 3.85. The molecule has 0 bridgehead atoms. The molecular weight excluding hydrogens is 244 g/mol. The number of hydrogen-bond acceptors (Lipinski definition) is 3. The molecule has 0 saturated heterocycles. The Morgan fingerprint density at radius 1 is 1.50 bits per heavy atom. The number of nitrogens with two attached hydrogens (primary N) is 1. The summed E-state index contributed by atoms with van der Waals surface area (Å²) in [7, 11) is 0. The van der Waals surface area contributed by atoms with E-state index < -0.39 is 6.04 Å². The van der Waals surface area contributed by atoms with Gasteiger partial charge in [0.15, 0.2) is 0 Å². The van der Waals surface area contributed by atoms with Gasteiger partial charge in [0.25, 0.3) is 0 Å². The van der Waals surface area contributed by atoms with Crippen LogP contribution < -0.4 is 11.1 Å². The molecule has 3 nitrogen and oxygen atoms in total. The first-order chi connectivity index (χ1) is 7.49. The third-order valence-corrected chi connectivity index (χ3v) is 3.83. The van der Waals surface area contributed by atoms with E-state index in [0.29, 0.717) is 10.3 Å². The molecule has 1 aromatic rings. The molecule has 1 amide bonds. The van der Waals surface area contributed by atoms with Gasteiger partial charge in [0.2, 0.25) is 5.91 Å². The fourth-order valence-corrected chi connectivity index (χ4v) is 2.80. The highest BCUT2D eigenvalue weighted by molar-refractivity contribution is 8.00. The molecular formula is C11H13ClN2OS. The average Bonchev–Trinajstić information content (AvgIpc) is 2.44. The maximum atomic E-state index is 11.4. The van der Waals surface area contributed by atoms with Gasteiger partial charge in [-0.05, 0) is 12.1 Å². The second-order valence-electron chi connectivity index (χ2n) is 4.00. The predicted octanol–water partition coefficient (Wildman–Crippen LogP) is 2.79. The van der Waals surface area contributed by atoms with Gasteiger partial charge in [-0.15, -0.1) is 11.8 Å². The van der Waals surface area contributed by atoms with Crippen molar-refractivity contribution in [1.82, 2.24) is 0 Å². The van der Waals surface area contributed by atoms with E-state index in [1.54, 1.807) is 17.8 Å². The molecule has 0 radical (unpaired) electrons. The third kappa shape index (κ3) is 2.05. The zero-order valence-electron chi connectivity index (χ0n) is 9.08. The van der Waals surface area contributed by atoms with Gasteiger partial charge in [0.05, 0.1) is 5.02 Å². The van der Waals surface area contributed by atoms with Crippen LogP contribution in [0.1, 0.15) is 25.5 Å². The Kier molecular flexibility index (Phi) is 3.15. The van der Waals surface area contributed by atoms with Crippen LogP contribution in [-0.2, 0) is 4.79 Å². The van der Waals surface area contributed by atoms with E-state index in [-0.39, 0.29) is 5.91 Å². The summed E-state index contributed by atoms with van der Waals surface area (Å²) < 4.78 is 0. The number of thioether (sulfide) groups is 1. The van der Waals surface area contributed by atoms with Gasteiger partial charge in [-0.1, -0.05) is 25.4 Å². The van der Waals surface area contributed by atoms with Crippen molar-refractivity contribution in [3.63, 3.8) is 0 Å². The van der Waals surface area contributed by atoms with Crippen molar-refractivity contribution in [2.75, 3.05) is 5.32 Å². The Morgan fingerprint density at radius 3 is 2.81 bits per heavy atom. The van der Waals surface area contributed by atoms with Crippen molar-refractivity contribution in [1.29, 1.82) is 0 Å². The monoisotopic (exact) mass is 256 g/mol. The van der Waals surface area contributed by atoms with Gasteiger partial charge >= 0.3 is 0 Å². The lowest BCUT2D eigenvalue weighted by atomic mass is 10.1. The normalized spacial score (nSPS) is 18.8. The number of halogens is 1. The Hall–Kier alpha value is -0.710. The predicted molar refractivity (Wildman–Crippen MR) is 68.0 cm³/mol. The Balaban J connectivity index is 2.40. The van der Waals surface area contributed by atoms with Crippen LogP contribution >= 0.6 is 23.4 Å². The lowest BCUT2D eigenvalue weighted by Crippen LogP contribution is -2.19. The largest absolute Gasteiger partial charge is 0.324 e. The number of rotatable bonds is 2. The second kappa shape index (κ2) is 4.28. The number of amides is 1. The van der Waals surface area contributed by atoms with E-state index in [2.05, 4.69) is 19.2 Å². The van der Waals surface area contributed by atoms with E-state index in [1.807, 2.05) is 6.07 Å². The highest BCUT2D eigenvalue weighted by Gasteiger charge is 2.28. The smallest absolute Gasteiger partial charge is 0.245 e. The molecule has 1 atom stereocenters. The first-order valence-electron chi connectivity index (χ1n) is 5.05. The molecule has 1 heterocycles. The van der Waals surface area contributed by atoms with Crippen molar-refractivity contribution >= 4 is 35.0 Å². The van der Waals surface area contributed by atoms with Crippen molar-refractivity contribution in [3.05, 3.63) is 22.7 Å². The molecule has 0 aliphatic carbocycles. The molecule has 86 valence electrons. The number of fused-ring (bicyclic) bond motifs is 1. The highest BCUT2D eigenvalue weighted by Crippen LogP contribution is 2.39. The zero-order chi connectivity index (χ0) is 11.9. The molecule has 0 spiro atoms. The summed E-state index contributed by atoms with van der Waals surface area (Å²) in [5.41, 5.74) is 7.30. The van der Waals surface area contributed by atoms with Crippen LogP contribution in [-0.4, -0.2) is 11.2 Å². The SMILES string of the molecule is CC(C)Sc1cc2c(cc1Cl)C(N)C(=O)N2. The van der Waals surface area contributed by atoms with Crippen LogP contribution in [0.3, 0.4) is 0 Å². The zero-order valence-corrected chi connectivity index (χ0v) is 10.7. The fraction of sp³-hybridized carbons (Fsp3) is 0.364. The molecule has 0 fully saturated rings. The standard InChI is InChI=1S/C11H13ClN2OS/c1-5(2)16-9-4-8-6(3-7(9)12)10(13)11(15)14-8/h3-5,10H,13H2,1-2H3,(H,14,15). The van der Waals surface area contributed by atoms with E-state index in [9.17, 15) is 4.79 Å². The van der Waals surface area contributed by atoms with Crippen molar-refractivity contribution in [2.24, 2.45) is 5.73 Å². The molecule has 1 aromatic carbocycles.